The van der Waals surface area contributed by atoms with E-state index >= 15 is 0 Å². The van der Waals surface area contributed by atoms with Gasteiger partial charge in [-0.2, -0.15) is 0 Å². The average Bonchev–Trinajstić information content (AvgIpc) is 3.44. The molecule has 214 valence electrons. The van der Waals surface area contributed by atoms with Gasteiger partial charge in [-0.05, 0) is 63.4 Å². The molecule has 1 amide bonds. The van der Waals surface area contributed by atoms with Crippen molar-refractivity contribution in [3.63, 3.8) is 0 Å². The maximum Gasteiger partial charge on any atom is 0.335 e. The molecule has 0 aliphatic carbocycles. The molecular formula is C29H36N4O7. The fraction of sp³-hybridized carbons (Fsp3) is 0.414. The molecule has 1 aromatic heterocycles. The number of carboxylic acids is 1. The highest BCUT2D eigenvalue weighted by Gasteiger charge is 2.38. The molecule has 1 atom stereocenters. The number of benzene rings is 2. The molecule has 4 N–H and O–H groups in total. The van der Waals surface area contributed by atoms with Crippen molar-refractivity contribution >= 4 is 23.3 Å². The molecule has 4 rings (SSSR count). The topological polar surface area (TPSA) is 144 Å². The first-order valence-electron chi connectivity index (χ1n) is 13.2. The number of aromatic nitrogens is 1. The molecular weight excluding hydrogens is 516 g/mol. The number of carboxylic acid groups (broad SMARTS) is 1. The summed E-state index contributed by atoms with van der Waals surface area (Å²) in [4.78, 5) is 27.0. The molecule has 1 saturated heterocycles. The zero-order valence-corrected chi connectivity index (χ0v) is 23.2. The highest BCUT2D eigenvalue weighted by molar-refractivity contribution is 5.94. The summed E-state index contributed by atoms with van der Waals surface area (Å²) in [6.45, 7) is 6.41. The van der Waals surface area contributed by atoms with Crippen LogP contribution in [0.4, 0.5) is 11.4 Å². The Labute approximate surface area is 233 Å². The minimum absolute atomic E-state index is 0.0612. The standard InChI is InChI=1S/C29H36N4O7/c1-19(34)31-23-15-20(27(35)36)7-10-24(23)38-14-12-28(2,3)33-29(11-5-6-13-40-29)32-21-8-9-22(25(16-21)37-4)26-17-30-18-39-26/h7-10,15-18,32-33H,5-6,11-14H2,1-4H3,(H,31,34)(H,35,36). The zero-order chi connectivity index (χ0) is 28.8. The summed E-state index contributed by atoms with van der Waals surface area (Å²) in [6.07, 6.45) is 6.31. The zero-order valence-electron chi connectivity index (χ0n) is 23.2. The summed E-state index contributed by atoms with van der Waals surface area (Å²) in [6, 6.07) is 10.2. The van der Waals surface area contributed by atoms with Gasteiger partial charge in [0, 0.05) is 30.6 Å². The lowest BCUT2D eigenvalue weighted by Gasteiger charge is -2.44. The van der Waals surface area contributed by atoms with Crippen LogP contribution in [0.2, 0.25) is 0 Å². The van der Waals surface area contributed by atoms with Gasteiger partial charge in [-0.15, -0.1) is 0 Å². The van der Waals surface area contributed by atoms with Crippen LogP contribution in [-0.4, -0.2) is 53.7 Å². The van der Waals surface area contributed by atoms with Crippen LogP contribution in [0.15, 0.2) is 53.4 Å². The van der Waals surface area contributed by atoms with E-state index in [2.05, 4.69) is 34.8 Å². The Morgan fingerprint density at radius 1 is 1.15 bits per heavy atom. The first-order chi connectivity index (χ1) is 19.1. The third kappa shape index (κ3) is 7.30. The van der Waals surface area contributed by atoms with E-state index in [9.17, 15) is 14.7 Å². The highest BCUT2D eigenvalue weighted by Crippen LogP contribution is 2.35. The molecule has 1 aliphatic rings. The number of ether oxygens (including phenoxy) is 3. The van der Waals surface area contributed by atoms with Gasteiger partial charge in [0.15, 0.2) is 18.0 Å². The number of nitrogens with one attached hydrogen (secondary N) is 3. The lowest BCUT2D eigenvalue weighted by molar-refractivity contribution is -0.114. The number of hydrogen-bond donors (Lipinski definition) is 4. The van der Waals surface area contributed by atoms with Crippen molar-refractivity contribution < 1.29 is 33.3 Å². The third-order valence-corrected chi connectivity index (χ3v) is 6.58. The number of oxazole rings is 1. The second kappa shape index (κ2) is 12.4. The number of amides is 1. The number of anilines is 2. The number of aromatic carboxylic acids is 1. The first kappa shape index (κ1) is 28.9. The van der Waals surface area contributed by atoms with Gasteiger partial charge < -0.3 is 34.4 Å². The predicted octanol–water partition coefficient (Wildman–Crippen LogP) is 5.11. The van der Waals surface area contributed by atoms with E-state index in [0.29, 0.717) is 42.6 Å². The minimum Gasteiger partial charge on any atom is -0.496 e. The predicted molar refractivity (Wildman–Crippen MR) is 150 cm³/mol. The van der Waals surface area contributed by atoms with E-state index in [0.717, 1.165) is 30.5 Å². The largest absolute Gasteiger partial charge is 0.496 e. The molecule has 0 saturated carbocycles. The van der Waals surface area contributed by atoms with Crippen LogP contribution in [0, 0.1) is 0 Å². The maximum absolute atomic E-state index is 11.6. The summed E-state index contributed by atoms with van der Waals surface area (Å²) < 4.78 is 23.4. The Hall–Kier alpha value is -4.09. The Morgan fingerprint density at radius 3 is 2.62 bits per heavy atom. The van der Waals surface area contributed by atoms with Crippen molar-refractivity contribution in [3.8, 4) is 22.8 Å². The smallest absolute Gasteiger partial charge is 0.335 e. The van der Waals surface area contributed by atoms with Crippen molar-refractivity contribution in [2.75, 3.05) is 31.0 Å². The summed E-state index contributed by atoms with van der Waals surface area (Å²) >= 11 is 0. The molecule has 2 heterocycles. The molecule has 0 bridgehead atoms. The van der Waals surface area contributed by atoms with E-state index in [-0.39, 0.29) is 11.5 Å². The van der Waals surface area contributed by atoms with Crippen LogP contribution in [-0.2, 0) is 9.53 Å². The molecule has 11 nitrogen and oxygen atoms in total. The molecule has 1 aliphatic heterocycles. The van der Waals surface area contributed by atoms with Crippen LogP contribution >= 0.6 is 0 Å². The Balaban J connectivity index is 1.46. The SMILES string of the molecule is COc1cc(NC2(NC(C)(C)CCOc3ccc(C(=O)O)cc3NC(C)=O)CCCCO2)ccc1-c1cnco1. The van der Waals surface area contributed by atoms with Crippen molar-refractivity contribution in [2.24, 2.45) is 0 Å². The van der Waals surface area contributed by atoms with Crippen molar-refractivity contribution in [1.82, 2.24) is 10.3 Å². The van der Waals surface area contributed by atoms with E-state index in [1.54, 1.807) is 19.4 Å². The van der Waals surface area contributed by atoms with Gasteiger partial charge in [-0.3, -0.25) is 10.1 Å². The van der Waals surface area contributed by atoms with Gasteiger partial charge in [0.05, 0.1) is 43.3 Å². The lowest BCUT2D eigenvalue weighted by atomic mass is 9.98. The van der Waals surface area contributed by atoms with Crippen molar-refractivity contribution in [1.29, 1.82) is 0 Å². The third-order valence-electron chi connectivity index (χ3n) is 6.58. The maximum atomic E-state index is 11.6. The monoisotopic (exact) mass is 552 g/mol. The normalized spacial score (nSPS) is 17.2. The quantitative estimate of drug-likeness (QED) is 0.224. The van der Waals surface area contributed by atoms with Crippen LogP contribution in [0.25, 0.3) is 11.3 Å². The number of rotatable bonds is 12. The van der Waals surface area contributed by atoms with E-state index in [1.807, 2.05) is 18.2 Å². The molecule has 1 fully saturated rings. The Bertz CT molecular complexity index is 1320. The summed E-state index contributed by atoms with van der Waals surface area (Å²) in [5.74, 6) is -0.557. The fourth-order valence-corrected chi connectivity index (χ4v) is 4.68. The molecule has 0 radical (unpaired) electrons. The average molecular weight is 553 g/mol. The van der Waals surface area contributed by atoms with Gasteiger partial charge in [0.25, 0.3) is 0 Å². The van der Waals surface area contributed by atoms with Gasteiger partial charge in [0.2, 0.25) is 5.91 Å². The fourth-order valence-electron chi connectivity index (χ4n) is 4.68. The highest BCUT2D eigenvalue weighted by atomic mass is 16.5. The van der Waals surface area contributed by atoms with E-state index in [4.69, 9.17) is 18.6 Å². The Kier molecular flexibility index (Phi) is 8.96. The van der Waals surface area contributed by atoms with Crippen LogP contribution in [0.1, 0.15) is 56.8 Å². The summed E-state index contributed by atoms with van der Waals surface area (Å²) in [7, 11) is 1.61. The summed E-state index contributed by atoms with van der Waals surface area (Å²) in [5, 5.41) is 19.2. The molecule has 2 aromatic carbocycles. The number of carbonyl (C=O) groups excluding carboxylic acids is 1. The molecule has 1 unspecified atom stereocenters. The van der Waals surface area contributed by atoms with Crippen LogP contribution in [0.5, 0.6) is 11.5 Å². The van der Waals surface area contributed by atoms with Crippen LogP contribution < -0.4 is 25.4 Å². The number of hydrogen-bond acceptors (Lipinski definition) is 9. The molecule has 40 heavy (non-hydrogen) atoms. The van der Waals surface area contributed by atoms with Gasteiger partial charge in [-0.25, -0.2) is 9.78 Å². The number of carbonyl (C=O) groups is 2. The van der Waals surface area contributed by atoms with Gasteiger partial charge >= 0.3 is 5.97 Å². The molecule has 0 spiro atoms. The Morgan fingerprint density at radius 2 is 1.98 bits per heavy atom. The van der Waals surface area contributed by atoms with Gasteiger partial charge in [-0.1, -0.05) is 0 Å². The lowest BCUT2D eigenvalue weighted by Crippen LogP contribution is -2.62. The second-order valence-electron chi connectivity index (χ2n) is 10.3. The van der Waals surface area contributed by atoms with E-state index in [1.165, 1.54) is 25.5 Å². The van der Waals surface area contributed by atoms with Crippen LogP contribution in [0.3, 0.4) is 0 Å². The summed E-state index contributed by atoms with van der Waals surface area (Å²) in [5.41, 5.74) is 1.56. The van der Waals surface area contributed by atoms with Crippen molar-refractivity contribution in [2.45, 2.75) is 57.8 Å². The first-order valence-corrected chi connectivity index (χ1v) is 13.2. The van der Waals surface area contributed by atoms with Crippen molar-refractivity contribution in [3.05, 3.63) is 54.6 Å². The van der Waals surface area contributed by atoms with Gasteiger partial charge in [0.1, 0.15) is 11.5 Å². The second-order valence-corrected chi connectivity index (χ2v) is 10.3. The van der Waals surface area contributed by atoms with E-state index < -0.39 is 17.4 Å². The number of nitrogens with zero attached hydrogens (tertiary/aromatic N) is 1. The minimum atomic E-state index is -1.08. The number of methoxy groups -OCH3 is 1. The molecule has 3 aromatic rings. The molecule has 11 heteroatoms.